The SMILES string of the molecule is Cc1cc(C(=O)CCC(=O)N2CCN(Cc3ccc(C#N)cc3)CC2)c(C)s1. The van der Waals surface area contributed by atoms with Gasteiger partial charge >= 0.3 is 0 Å². The van der Waals surface area contributed by atoms with E-state index in [1.165, 1.54) is 5.56 Å². The predicted molar refractivity (Wildman–Crippen MR) is 110 cm³/mol. The van der Waals surface area contributed by atoms with Crippen LogP contribution in [0.4, 0.5) is 0 Å². The maximum atomic E-state index is 12.5. The lowest BCUT2D eigenvalue weighted by atomic mass is 10.1. The number of nitrogens with zero attached hydrogens (tertiary/aromatic N) is 3. The number of carbonyl (C=O) groups excluding carboxylic acids is 2. The van der Waals surface area contributed by atoms with E-state index in [1.54, 1.807) is 11.3 Å². The zero-order chi connectivity index (χ0) is 20.1. The molecule has 1 aromatic heterocycles. The molecule has 0 spiro atoms. The van der Waals surface area contributed by atoms with Crippen LogP contribution in [0.25, 0.3) is 0 Å². The molecule has 0 saturated carbocycles. The predicted octanol–water partition coefficient (Wildman–Crippen LogP) is 3.54. The van der Waals surface area contributed by atoms with Crippen molar-refractivity contribution in [2.75, 3.05) is 26.2 Å². The minimum atomic E-state index is 0.0645. The van der Waals surface area contributed by atoms with Gasteiger partial charge in [0.05, 0.1) is 11.6 Å². The highest BCUT2D eigenvalue weighted by molar-refractivity contribution is 7.12. The van der Waals surface area contributed by atoms with Gasteiger partial charge in [-0.1, -0.05) is 12.1 Å². The Morgan fingerprint density at radius 1 is 1.07 bits per heavy atom. The lowest BCUT2D eigenvalue weighted by Gasteiger charge is -2.34. The third-order valence-corrected chi connectivity index (χ3v) is 6.09. The van der Waals surface area contributed by atoms with Crippen molar-refractivity contribution >= 4 is 23.0 Å². The van der Waals surface area contributed by atoms with Gasteiger partial charge in [-0.05, 0) is 37.6 Å². The highest BCUT2D eigenvalue weighted by atomic mass is 32.1. The van der Waals surface area contributed by atoms with Crippen LogP contribution in [0.2, 0.25) is 0 Å². The summed E-state index contributed by atoms with van der Waals surface area (Å²) < 4.78 is 0. The maximum Gasteiger partial charge on any atom is 0.223 e. The van der Waals surface area contributed by atoms with Crippen molar-refractivity contribution in [1.82, 2.24) is 9.80 Å². The van der Waals surface area contributed by atoms with Crippen LogP contribution < -0.4 is 0 Å². The number of aryl methyl sites for hydroxylation is 2. The van der Waals surface area contributed by atoms with Crippen molar-refractivity contribution in [2.45, 2.75) is 33.2 Å². The average Bonchev–Trinajstić information content (AvgIpc) is 3.05. The fraction of sp³-hybridized carbons (Fsp3) is 0.409. The molecule has 146 valence electrons. The van der Waals surface area contributed by atoms with Crippen LogP contribution in [0.1, 0.15) is 44.1 Å². The van der Waals surface area contributed by atoms with E-state index in [1.807, 2.05) is 49.1 Å². The number of carbonyl (C=O) groups is 2. The summed E-state index contributed by atoms with van der Waals surface area (Å²) in [4.78, 5) is 31.2. The van der Waals surface area contributed by atoms with E-state index >= 15 is 0 Å². The van der Waals surface area contributed by atoms with E-state index in [9.17, 15) is 9.59 Å². The molecule has 0 radical (unpaired) electrons. The van der Waals surface area contributed by atoms with Crippen LogP contribution in [-0.2, 0) is 11.3 Å². The molecular formula is C22H25N3O2S. The van der Waals surface area contributed by atoms with E-state index in [0.717, 1.165) is 35.0 Å². The quantitative estimate of drug-likeness (QED) is 0.702. The Morgan fingerprint density at radius 2 is 1.75 bits per heavy atom. The Kier molecular flexibility index (Phi) is 6.61. The van der Waals surface area contributed by atoms with Crippen LogP contribution in [0.15, 0.2) is 30.3 Å². The molecule has 1 aromatic carbocycles. The van der Waals surface area contributed by atoms with Gasteiger partial charge in [0.25, 0.3) is 0 Å². The van der Waals surface area contributed by atoms with Gasteiger partial charge in [0, 0.05) is 60.9 Å². The number of piperazine rings is 1. The fourth-order valence-corrected chi connectivity index (χ4v) is 4.46. The molecule has 0 unspecified atom stereocenters. The van der Waals surface area contributed by atoms with Crippen molar-refractivity contribution in [1.29, 1.82) is 5.26 Å². The summed E-state index contributed by atoms with van der Waals surface area (Å²) in [6.07, 6.45) is 0.560. The molecule has 5 nitrogen and oxygen atoms in total. The molecule has 0 N–H and O–H groups in total. The molecule has 0 bridgehead atoms. The zero-order valence-corrected chi connectivity index (χ0v) is 17.2. The van der Waals surface area contributed by atoms with Gasteiger partial charge < -0.3 is 4.90 Å². The molecule has 28 heavy (non-hydrogen) atoms. The number of benzene rings is 1. The normalized spacial score (nSPS) is 14.7. The molecule has 1 saturated heterocycles. The van der Waals surface area contributed by atoms with Crippen LogP contribution in [-0.4, -0.2) is 47.7 Å². The van der Waals surface area contributed by atoms with Crippen LogP contribution in [0.5, 0.6) is 0 Å². The van der Waals surface area contributed by atoms with E-state index < -0.39 is 0 Å². The van der Waals surface area contributed by atoms with E-state index in [-0.39, 0.29) is 24.5 Å². The minimum absolute atomic E-state index is 0.0645. The molecule has 1 amide bonds. The monoisotopic (exact) mass is 395 g/mol. The molecular weight excluding hydrogens is 370 g/mol. The number of ketones is 1. The lowest BCUT2D eigenvalue weighted by molar-refractivity contribution is -0.132. The van der Waals surface area contributed by atoms with E-state index in [2.05, 4.69) is 11.0 Å². The Labute approximate surface area is 170 Å². The first kappa shape index (κ1) is 20.2. The number of hydrogen-bond acceptors (Lipinski definition) is 5. The summed E-state index contributed by atoms with van der Waals surface area (Å²) in [5.74, 6) is 0.130. The van der Waals surface area contributed by atoms with Gasteiger partial charge in [0.1, 0.15) is 0 Å². The van der Waals surface area contributed by atoms with Gasteiger partial charge in [-0.2, -0.15) is 5.26 Å². The Hall–Kier alpha value is -2.49. The Bertz CT molecular complexity index is 887. The maximum absolute atomic E-state index is 12.5. The first-order valence-electron chi connectivity index (χ1n) is 9.55. The zero-order valence-electron chi connectivity index (χ0n) is 16.4. The summed E-state index contributed by atoms with van der Waals surface area (Å²) in [7, 11) is 0. The Morgan fingerprint density at radius 3 is 2.32 bits per heavy atom. The largest absolute Gasteiger partial charge is 0.340 e. The standard InChI is InChI=1S/C22H25N3O2S/c1-16-13-20(17(2)28-16)21(26)7-8-22(27)25-11-9-24(10-12-25)15-19-5-3-18(14-23)4-6-19/h3-6,13H,7-12,15H2,1-2H3. The number of rotatable bonds is 6. The summed E-state index contributed by atoms with van der Waals surface area (Å²) in [6, 6.07) is 11.7. The first-order chi connectivity index (χ1) is 13.5. The van der Waals surface area contributed by atoms with Gasteiger partial charge in [0.15, 0.2) is 5.78 Å². The van der Waals surface area contributed by atoms with Crippen molar-refractivity contribution in [3.05, 3.63) is 56.8 Å². The topological polar surface area (TPSA) is 64.4 Å². The molecule has 0 atom stereocenters. The summed E-state index contributed by atoms with van der Waals surface area (Å²) in [5.41, 5.74) is 2.61. The molecule has 2 aromatic rings. The second-order valence-corrected chi connectivity index (χ2v) is 8.68. The summed E-state index contributed by atoms with van der Waals surface area (Å²) in [6.45, 7) is 7.81. The van der Waals surface area contributed by atoms with Crippen molar-refractivity contribution in [3.63, 3.8) is 0 Å². The molecule has 0 aliphatic carbocycles. The molecule has 1 aliphatic rings. The Balaban J connectivity index is 1.43. The highest BCUT2D eigenvalue weighted by Crippen LogP contribution is 2.22. The number of amides is 1. The van der Waals surface area contributed by atoms with Crippen LogP contribution >= 0.6 is 11.3 Å². The second-order valence-electron chi connectivity index (χ2n) is 7.22. The number of Topliss-reactive ketones (excluding diaryl/α,β-unsaturated/α-hetero) is 1. The molecule has 6 heteroatoms. The van der Waals surface area contributed by atoms with Gasteiger partial charge in [-0.3, -0.25) is 14.5 Å². The van der Waals surface area contributed by atoms with Crippen molar-refractivity contribution in [2.24, 2.45) is 0 Å². The average molecular weight is 396 g/mol. The number of thiophene rings is 1. The first-order valence-corrected chi connectivity index (χ1v) is 10.4. The third kappa shape index (κ3) is 5.06. The minimum Gasteiger partial charge on any atom is -0.340 e. The van der Waals surface area contributed by atoms with Crippen molar-refractivity contribution in [3.8, 4) is 6.07 Å². The summed E-state index contributed by atoms with van der Waals surface area (Å²) in [5, 5.41) is 8.87. The smallest absolute Gasteiger partial charge is 0.223 e. The van der Waals surface area contributed by atoms with Gasteiger partial charge in [-0.15, -0.1) is 11.3 Å². The molecule has 1 fully saturated rings. The lowest BCUT2D eigenvalue weighted by Crippen LogP contribution is -2.48. The van der Waals surface area contributed by atoms with E-state index in [4.69, 9.17) is 5.26 Å². The van der Waals surface area contributed by atoms with Crippen LogP contribution in [0.3, 0.4) is 0 Å². The molecule has 2 heterocycles. The highest BCUT2D eigenvalue weighted by Gasteiger charge is 2.22. The van der Waals surface area contributed by atoms with Crippen molar-refractivity contribution < 1.29 is 9.59 Å². The van der Waals surface area contributed by atoms with Gasteiger partial charge in [0.2, 0.25) is 5.91 Å². The molecule has 3 rings (SSSR count). The van der Waals surface area contributed by atoms with Crippen LogP contribution in [0, 0.1) is 25.2 Å². The third-order valence-electron chi connectivity index (χ3n) is 5.12. The summed E-state index contributed by atoms with van der Waals surface area (Å²) >= 11 is 1.63. The number of hydrogen-bond donors (Lipinski definition) is 0. The molecule has 1 aliphatic heterocycles. The number of nitriles is 1. The second kappa shape index (κ2) is 9.13. The van der Waals surface area contributed by atoms with Gasteiger partial charge in [-0.25, -0.2) is 0 Å². The fourth-order valence-electron chi connectivity index (χ4n) is 3.52. The van der Waals surface area contributed by atoms with E-state index in [0.29, 0.717) is 18.7 Å².